The lowest BCUT2D eigenvalue weighted by atomic mass is 9.82. The Labute approximate surface area is 145 Å². The van der Waals surface area contributed by atoms with E-state index in [0.29, 0.717) is 16.8 Å². The average molecular weight is 339 g/mol. The third-order valence-corrected chi connectivity index (χ3v) is 4.38. The second-order valence-corrected chi connectivity index (χ2v) is 5.93. The molecule has 2 rings (SSSR count). The van der Waals surface area contributed by atoms with Gasteiger partial charge in [0.25, 0.3) is 0 Å². The van der Waals surface area contributed by atoms with Gasteiger partial charge in [0.2, 0.25) is 0 Å². The predicted octanol–water partition coefficient (Wildman–Crippen LogP) is 3.20. The van der Waals surface area contributed by atoms with Crippen molar-refractivity contribution in [3.05, 3.63) is 57.8 Å². The summed E-state index contributed by atoms with van der Waals surface area (Å²) in [5.41, 5.74) is 2.42. The van der Waals surface area contributed by atoms with Crippen molar-refractivity contribution in [2.45, 2.75) is 19.3 Å². The maximum absolute atomic E-state index is 12.6. The first-order chi connectivity index (χ1) is 11.6. The van der Waals surface area contributed by atoms with Gasteiger partial charge in [-0.1, -0.05) is 30.3 Å². The first-order valence-electron chi connectivity index (χ1n) is 7.39. The largest absolute Gasteiger partial charge is 0.461 e. The molecule has 0 fully saturated rings. The molecule has 0 bridgehead atoms. The molecule has 1 aliphatic heterocycles. The monoisotopic (exact) mass is 339 g/mol. The lowest BCUT2D eigenvalue weighted by Crippen LogP contribution is -2.28. The summed E-state index contributed by atoms with van der Waals surface area (Å²) in [6.07, 6.45) is 2.02. The third-order valence-electron chi connectivity index (χ3n) is 3.65. The Morgan fingerprint density at radius 1 is 1.33 bits per heavy atom. The minimum Gasteiger partial charge on any atom is -0.461 e. The van der Waals surface area contributed by atoms with E-state index in [-0.39, 0.29) is 13.0 Å². The van der Waals surface area contributed by atoms with Gasteiger partial charge in [-0.15, -0.1) is 11.8 Å². The van der Waals surface area contributed by atoms with E-state index in [1.807, 2.05) is 42.7 Å². The number of benzene rings is 1. The number of hydrogen-bond acceptors (Lipinski definition) is 6. The van der Waals surface area contributed by atoms with Crippen molar-refractivity contribution in [3.63, 3.8) is 0 Å². The number of allylic oxidation sites excluding steroid dienone is 2. The maximum atomic E-state index is 12.6. The number of nitrogens with one attached hydrogen (secondary N) is 1. The van der Waals surface area contributed by atoms with Crippen LogP contribution in [0.1, 0.15) is 24.8 Å². The second-order valence-electron chi connectivity index (χ2n) is 5.11. The summed E-state index contributed by atoms with van der Waals surface area (Å²) in [6, 6.07) is 13.6. The summed E-state index contributed by atoms with van der Waals surface area (Å²) < 4.78 is 5.21. The van der Waals surface area contributed by atoms with Crippen molar-refractivity contribution >= 4 is 17.7 Å². The molecule has 1 aliphatic rings. The van der Waals surface area contributed by atoms with Crippen LogP contribution < -0.4 is 5.32 Å². The summed E-state index contributed by atoms with van der Waals surface area (Å²) in [7, 11) is 0. The van der Waals surface area contributed by atoms with E-state index in [9.17, 15) is 10.1 Å². The molecule has 24 heavy (non-hydrogen) atoms. The number of ether oxygens (including phenoxy) is 1. The van der Waals surface area contributed by atoms with Crippen LogP contribution in [0.25, 0.3) is 0 Å². The fourth-order valence-electron chi connectivity index (χ4n) is 2.59. The fraction of sp³-hybridized carbons (Fsp3) is 0.278. The van der Waals surface area contributed by atoms with Gasteiger partial charge < -0.3 is 10.1 Å². The smallest absolute Gasteiger partial charge is 0.336 e. The number of carbonyl (C=O) groups excluding carboxylic acids is 1. The Balaban J connectivity index is 2.49. The molecule has 0 unspecified atom stereocenters. The zero-order valence-electron chi connectivity index (χ0n) is 13.5. The van der Waals surface area contributed by atoms with E-state index in [1.165, 1.54) is 11.8 Å². The van der Waals surface area contributed by atoms with Crippen molar-refractivity contribution in [3.8, 4) is 12.1 Å². The standard InChI is InChI=1S/C18H17N3O2S/c1-12-15(18(22)23-10-6-9-19)16(13-7-4-3-5-8-13)14(11-20)17(21-12)24-2/h3-5,7-8,16,21H,6,10H2,1-2H3/t16-/m1/s1. The molecule has 1 atom stereocenters. The van der Waals surface area contributed by atoms with Crippen LogP contribution in [0, 0.1) is 22.7 Å². The number of thioether (sulfide) groups is 1. The third kappa shape index (κ3) is 3.61. The van der Waals surface area contributed by atoms with Crippen molar-refractivity contribution in [2.75, 3.05) is 12.9 Å². The predicted molar refractivity (Wildman–Crippen MR) is 92.4 cm³/mol. The van der Waals surface area contributed by atoms with Gasteiger partial charge >= 0.3 is 5.97 Å². The first kappa shape index (κ1) is 17.7. The van der Waals surface area contributed by atoms with Crippen LogP contribution in [0.15, 0.2) is 52.2 Å². The topological polar surface area (TPSA) is 85.9 Å². The zero-order valence-corrected chi connectivity index (χ0v) is 14.3. The van der Waals surface area contributed by atoms with Crippen LogP contribution in [-0.2, 0) is 9.53 Å². The Morgan fingerprint density at radius 3 is 2.62 bits per heavy atom. The normalized spacial score (nSPS) is 16.9. The second kappa shape index (κ2) is 8.24. The van der Waals surface area contributed by atoms with Gasteiger partial charge in [0.15, 0.2) is 0 Å². The minimum atomic E-state index is -0.503. The Bertz CT molecular complexity index is 770. The number of dihydropyridines is 1. The number of nitrogens with zero attached hydrogens (tertiary/aromatic N) is 2. The summed E-state index contributed by atoms with van der Waals surface area (Å²) >= 11 is 1.43. The molecule has 122 valence electrons. The molecule has 5 nitrogen and oxygen atoms in total. The summed E-state index contributed by atoms with van der Waals surface area (Å²) in [5, 5.41) is 22.1. The van der Waals surface area contributed by atoms with E-state index in [2.05, 4.69) is 11.4 Å². The molecule has 0 spiro atoms. The summed E-state index contributed by atoms with van der Waals surface area (Å²) in [4.78, 5) is 12.6. The Morgan fingerprint density at radius 2 is 2.04 bits per heavy atom. The Kier molecular flexibility index (Phi) is 6.06. The van der Waals surface area contributed by atoms with E-state index in [0.717, 1.165) is 10.6 Å². The lowest BCUT2D eigenvalue weighted by molar-refractivity contribution is -0.139. The molecule has 0 radical (unpaired) electrons. The highest BCUT2D eigenvalue weighted by molar-refractivity contribution is 8.02. The van der Waals surface area contributed by atoms with Gasteiger partial charge in [-0.25, -0.2) is 4.79 Å². The van der Waals surface area contributed by atoms with E-state index < -0.39 is 11.9 Å². The van der Waals surface area contributed by atoms with Crippen LogP contribution in [0.3, 0.4) is 0 Å². The zero-order chi connectivity index (χ0) is 17.5. The van der Waals surface area contributed by atoms with Crippen LogP contribution in [0.5, 0.6) is 0 Å². The highest BCUT2D eigenvalue weighted by Gasteiger charge is 2.35. The number of carbonyl (C=O) groups is 1. The maximum Gasteiger partial charge on any atom is 0.336 e. The minimum absolute atomic E-state index is 0.0363. The SMILES string of the molecule is CSC1=C(C#N)[C@@H](c2ccccc2)C(C(=O)OCCC#N)=C(C)N1. The van der Waals surface area contributed by atoms with Crippen molar-refractivity contribution < 1.29 is 9.53 Å². The molecule has 0 aliphatic carbocycles. The van der Waals surface area contributed by atoms with Crippen LogP contribution >= 0.6 is 11.8 Å². The number of nitriles is 2. The molecular formula is C18H17N3O2S. The van der Waals surface area contributed by atoms with Gasteiger partial charge in [-0.05, 0) is 18.7 Å². The summed E-state index contributed by atoms with van der Waals surface area (Å²) in [6.45, 7) is 1.83. The van der Waals surface area contributed by atoms with E-state index in [1.54, 1.807) is 6.92 Å². The van der Waals surface area contributed by atoms with Gasteiger partial charge in [0.05, 0.1) is 40.7 Å². The molecule has 0 amide bonds. The molecule has 1 N–H and O–H groups in total. The molecule has 0 saturated carbocycles. The van der Waals surface area contributed by atoms with Crippen molar-refractivity contribution in [1.82, 2.24) is 5.32 Å². The van der Waals surface area contributed by atoms with Crippen LogP contribution in [0.4, 0.5) is 0 Å². The first-order valence-corrected chi connectivity index (χ1v) is 8.61. The van der Waals surface area contributed by atoms with Crippen LogP contribution in [-0.4, -0.2) is 18.8 Å². The molecule has 0 saturated heterocycles. The highest BCUT2D eigenvalue weighted by atomic mass is 32.2. The Hall–Kier alpha value is -2.70. The molecule has 1 aromatic rings. The molecule has 1 heterocycles. The van der Waals surface area contributed by atoms with Crippen LogP contribution in [0.2, 0.25) is 0 Å². The average Bonchev–Trinajstić information content (AvgIpc) is 2.61. The van der Waals surface area contributed by atoms with Crippen molar-refractivity contribution in [2.24, 2.45) is 0 Å². The number of hydrogen-bond donors (Lipinski definition) is 1. The van der Waals surface area contributed by atoms with Gasteiger partial charge in [0, 0.05) is 5.70 Å². The van der Waals surface area contributed by atoms with Gasteiger partial charge in [-0.3, -0.25) is 0 Å². The number of esters is 1. The fourth-order valence-corrected chi connectivity index (χ4v) is 3.23. The van der Waals surface area contributed by atoms with Crippen molar-refractivity contribution in [1.29, 1.82) is 10.5 Å². The highest BCUT2D eigenvalue weighted by Crippen LogP contribution is 2.40. The van der Waals surface area contributed by atoms with Gasteiger partial charge in [0.1, 0.15) is 6.61 Å². The number of rotatable bonds is 5. The quantitative estimate of drug-likeness (QED) is 0.655. The summed E-state index contributed by atoms with van der Waals surface area (Å²) in [5.74, 6) is -0.980. The van der Waals surface area contributed by atoms with Gasteiger partial charge in [-0.2, -0.15) is 10.5 Å². The molecule has 1 aromatic carbocycles. The van der Waals surface area contributed by atoms with E-state index in [4.69, 9.17) is 10.00 Å². The molecule has 6 heteroatoms. The lowest BCUT2D eigenvalue weighted by Gasteiger charge is -2.28. The van der Waals surface area contributed by atoms with E-state index >= 15 is 0 Å². The molecular weight excluding hydrogens is 322 g/mol. The molecule has 0 aromatic heterocycles.